The molecule has 0 amide bonds. The molecule has 0 N–H and O–H groups in total. The zero-order valence-electron chi connectivity index (χ0n) is 45.3. The van der Waals surface area contributed by atoms with Gasteiger partial charge in [0, 0.05) is 19.3 Å². The minimum absolute atomic E-state index is 0.0930. The molecule has 0 aromatic carbocycles. The Kier molecular flexibility index (Phi) is 54.3. The second-order valence-electron chi connectivity index (χ2n) is 19.2. The van der Waals surface area contributed by atoms with Gasteiger partial charge in [0.15, 0.2) is 6.10 Å². The van der Waals surface area contributed by atoms with E-state index in [1.807, 2.05) is 0 Å². The maximum Gasteiger partial charge on any atom is 0.306 e. The van der Waals surface area contributed by atoms with E-state index in [1.54, 1.807) is 0 Å². The van der Waals surface area contributed by atoms with Gasteiger partial charge in [0.05, 0.1) is 0 Å². The third-order valence-corrected chi connectivity index (χ3v) is 12.4. The summed E-state index contributed by atoms with van der Waals surface area (Å²) in [6.07, 6.45) is 74.3. The van der Waals surface area contributed by atoms with Crippen LogP contribution in [0.5, 0.6) is 0 Å². The SMILES string of the molecule is CC/C=C\C/C=C\C/C=C\C/C=C\C/C=C\C/C=C\CCCCC(=O)OCC(COC(=O)CCCCCCC/C=C\CCCCC)OC(=O)CCCCCCCCCCCCCCCCCCCC. The van der Waals surface area contributed by atoms with Crippen molar-refractivity contribution in [1.29, 1.82) is 0 Å². The predicted molar refractivity (Wildman–Crippen MR) is 297 cm³/mol. The van der Waals surface area contributed by atoms with Gasteiger partial charge in [-0.05, 0) is 96.3 Å². The average Bonchev–Trinajstić information content (AvgIpc) is 3.35. The molecule has 0 saturated carbocycles. The maximum atomic E-state index is 12.9. The maximum absolute atomic E-state index is 12.9. The standard InChI is InChI=1S/C63H108O6/c1-4-7-10-13-16-19-22-25-27-29-31-32-33-35-36-38-41-44-47-50-53-56-62(65)68-59-60(58-67-61(64)55-52-49-46-43-40-24-21-18-15-12-9-6-3)69-63(66)57-54-51-48-45-42-39-37-34-30-28-26-23-20-17-14-11-8-5-2/h7,10,16,18-19,21,25,27,31-32,35-36,41,44,60H,4-6,8-9,11-15,17,20,22-24,26,28-30,33-34,37-40,42-43,45-59H2,1-3H3/b10-7-,19-16-,21-18-,27-25-,32-31-,36-35-,44-41-. The van der Waals surface area contributed by atoms with Crippen molar-refractivity contribution in [3.8, 4) is 0 Å². The van der Waals surface area contributed by atoms with Crippen LogP contribution in [0.4, 0.5) is 0 Å². The van der Waals surface area contributed by atoms with E-state index >= 15 is 0 Å². The van der Waals surface area contributed by atoms with Crippen molar-refractivity contribution in [3.05, 3.63) is 85.1 Å². The van der Waals surface area contributed by atoms with Crippen molar-refractivity contribution in [2.45, 2.75) is 284 Å². The Morgan fingerprint density at radius 3 is 0.957 bits per heavy atom. The van der Waals surface area contributed by atoms with Gasteiger partial charge in [0.2, 0.25) is 0 Å². The average molecular weight is 962 g/mol. The molecule has 0 aromatic rings. The normalized spacial score (nSPS) is 12.7. The Balaban J connectivity index is 4.42. The summed E-state index contributed by atoms with van der Waals surface area (Å²) in [5.74, 6) is -0.938. The number of unbranched alkanes of at least 4 members (excludes halogenated alkanes) is 27. The molecule has 0 rings (SSSR count). The highest BCUT2D eigenvalue weighted by Gasteiger charge is 2.19. The second kappa shape index (κ2) is 57.2. The van der Waals surface area contributed by atoms with Crippen LogP contribution < -0.4 is 0 Å². The van der Waals surface area contributed by atoms with Gasteiger partial charge >= 0.3 is 17.9 Å². The van der Waals surface area contributed by atoms with E-state index in [4.69, 9.17) is 14.2 Å². The number of carbonyl (C=O) groups is 3. The summed E-state index contributed by atoms with van der Waals surface area (Å²) in [7, 11) is 0. The topological polar surface area (TPSA) is 78.9 Å². The van der Waals surface area contributed by atoms with Gasteiger partial charge in [-0.2, -0.15) is 0 Å². The van der Waals surface area contributed by atoms with Crippen LogP contribution in [-0.2, 0) is 28.6 Å². The largest absolute Gasteiger partial charge is 0.462 e. The summed E-state index contributed by atoms with van der Waals surface area (Å²) in [5.41, 5.74) is 0. The van der Waals surface area contributed by atoms with E-state index in [0.29, 0.717) is 19.3 Å². The summed E-state index contributed by atoms with van der Waals surface area (Å²) in [6, 6.07) is 0. The summed E-state index contributed by atoms with van der Waals surface area (Å²) in [4.78, 5) is 38.1. The van der Waals surface area contributed by atoms with Crippen LogP contribution in [0.3, 0.4) is 0 Å². The first-order valence-electron chi connectivity index (χ1n) is 29.1. The van der Waals surface area contributed by atoms with Crippen molar-refractivity contribution >= 4 is 17.9 Å². The van der Waals surface area contributed by atoms with Crippen LogP contribution >= 0.6 is 0 Å². The van der Waals surface area contributed by atoms with Gasteiger partial charge in [-0.1, -0.05) is 247 Å². The van der Waals surface area contributed by atoms with E-state index in [9.17, 15) is 14.4 Å². The van der Waals surface area contributed by atoms with Crippen LogP contribution in [0.1, 0.15) is 278 Å². The number of hydrogen-bond acceptors (Lipinski definition) is 6. The molecule has 1 atom stereocenters. The lowest BCUT2D eigenvalue weighted by molar-refractivity contribution is -0.167. The predicted octanol–water partition coefficient (Wildman–Crippen LogP) is 19.5. The molecule has 0 fully saturated rings. The molecule has 0 aromatic heterocycles. The molecular weight excluding hydrogens is 853 g/mol. The zero-order chi connectivity index (χ0) is 50.0. The Bertz CT molecular complexity index is 1330. The van der Waals surface area contributed by atoms with Gasteiger partial charge in [-0.3, -0.25) is 14.4 Å². The van der Waals surface area contributed by atoms with Crippen molar-refractivity contribution < 1.29 is 28.6 Å². The molecule has 0 heterocycles. The molecule has 0 radical (unpaired) electrons. The summed E-state index contributed by atoms with van der Waals surface area (Å²) in [5, 5.41) is 0. The minimum atomic E-state index is -0.796. The Hall–Kier alpha value is -3.41. The third-order valence-electron chi connectivity index (χ3n) is 12.4. The van der Waals surface area contributed by atoms with Crippen LogP contribution in [0.15, 0.2) is 85.1 Å². The Labute approximate surface area is 426 Å². The Morgan fingerprint density at radius 1 is 0.304 bits per heavy atom. The van der Waals surface area contributed by atoms with Crippen LogP contribution in [0, 0.1) is 0 Å². The van der Waals surface area contributed by atoms with Gasteiger partial charge in [-0.15, -0.1) is 0 Å². The number of ether oxygens (including phenoxy) is 3. The molecular formula is C63H108O6. The highest BCUT2D eigenvalue weighted by molar-refractivity contribution is 5.71. The van der Waals surface area contributed by atoms with E-state index in [-0.39, 0.29) is 31.1 Å². The quantitative estimate of drug-likeness (QED) is 0.0262. The molecule has 0 aliphatic heterocycles. The van der Waals surface area contributed by atoms with Gasteiger partial charge in [0.1, 0.15) is 13.2 Å². The highest BCUT2D eigenvalue weighted by Crippen LogP contribution is 2.16. The first kappa shape index (κ1) is 65.6. The number of carbonyl (C=O) groups excluding carboxylic acids is 3. The van der Waals surface area contributed by atoms with Crippen LogP contribution in [-0.4, -0.2) is 37.2 Å². The van der Waals surface area contributed by atoms with Crippen molar-refractivity contribution in [3.63, 3.8) is 0 Å². The first-order valence-corrected chi connectivity index (χ1v) is 29.1. The number of hydrogen-bond donors (Lipinski definition) is 0. The third kappa shape index (κ3) is 55.4. The van der Waals surface area contributed by atoms with E-state index in [2.05, 4.69) is 106 Å². The molecule has 0 spiro atoms. The van der Waals surface area contributed by atoms with E-state index in [0.717, 1.165) is 103 Å². The van der Waals surface area contributed by atoms with Gasteiger partial charge in [-0.25, -0.2) is 0 Å². The second-order valence-corrected chi connectivity index (χ2v) is 19.2. The van der Waals surface area contributed by atoms with Crippen LogP contribution in [0.2, 0.25) is 0 Å². The molecule has 1 unspecified atom stereocenters. The smallest absolute Gasteiger partial charge is 0.306 e. The summed E-state index contributed by atoms with van der Waals surface area (Å²) < 4.78 is 16.8. The van der Waals surface area contributed by atoms with Crippen molar-refractivity contribution in [2.75, 3.05) is 13.2 Å². The summed E-state index contributed by atoms with van der Waals surface area (Å²) >= 11 is 0. The molecule has 0 aliphatic rings. The van der Waals surface area contributed by atoms with E-state index < -0.39 is 6.10 Å². The number of rotatable bonds is 52. The fraction of sp³-hybridized carbons (Fsp3) is 0.730. The van der Waals surface area contributed by atoms with Crippen molar-refractivity contribution in [1.82, 2.24) is 0 Å². The molecule has 69 heavy (non-hydrogen) atoms. The lowest BCUT2D eigenvalue weighted by Gasteiger charge is -2.18. The monoisotopic (exact) mass is 961 g/mol. The molecule has 0 saturated heterocycles. The fourth-order valence-corrected chi connectivity index (χ4v) is 8.03. The molecule has 6 heteroatoms. The number of esters is 3. The van der Waals surface area contributed by atoms with Crippen LogP contribution in [0.25, 0.3) is 0 Å². The fourth-order valence-electron chi connectivity index (χ4n) is 8.03. The molecule has 0 aliphatic carbocycles. The minimum Gasteiger partial charge on any atom is -0.462 e. The lowest BCUT2D eigenvalue weighted by Crippen LogP contribution is -2.30. The molecule has 396 valence electrons. The van der Waals surface area contributed by atoms with Gasteiger partial charge in [0.25, 0.3) is 0 Å². The van der Waals surface area contributed by atoms with Gasteiger partial charge < -0.3 is 14.2 Å². The van der Waals surface area contributed by atoms with Crippen molar-refractivity contribution in [2.24, 2.45) is 0 Å². The number of allylic oxidation sites excluding steroid dienone is 14. The zero-order valence-corrected chi connectivity index (χ0v) is 45.3. The Morgan fingerprint density at radius 2 is 0.565 bits per heavy atom. The molecule has 6 nitrogen and oxygen atoms in total. The summed E-state index contributed by atoms with van der Waals surface area (Å²) in [6.45, 7) is 6.48. The highest BCUT2D eigenvalue weighted by atomic mass is 16.6. The molecule has 0 bridgehead atoms. The van der Waals surface area contributed by atoms with E-state index in [1.165, 1.54) is 135 Å². The first-order chi connectivity index (χ1) is 34.0. The lowest BCUT2D eigenvalue weighted by atomic mass is 10.0.